The Morgan fingerprint density at radius 1 is 0.714 bits per heavy atom. The molecule has 0 nitrogen and oxygen atoms in total. The highest BCUT2D eigenvalue weighted by Crippen LogP contribution is 2.64. The van der Waals surface area contributed by atoms with E-state index >= 15 is 0 Å². The molecule has 0 radical (unpaired) electrons. The lowest BCUT2D eigenvalue weighted by Gasteiger charge is -2.52. The lowest BCUT2D eigenvalue weighted by molar-refractivity contribution is -0.0118. The van der Waals surface area contributed by atoms with E-state index in [9.17, 15) is 0 Å². The van der Waals surface area contributed by atoms with Crippen LogP contribution >= 0.6 is 0 Å². The Labute approximate surface area is 88.8 Å². The summed E-state index contributed by atoms with van der Waals surface area (Å²) in [5.74, 6) is 0. The molecule has 2 rings (SSSR count). The van der Waals surface area contributed by atoms with Gasteiger partial charge in [-0.25, -0.2) is 0 Å². The van der Waals surface area contributed by atoms with Crippen LogP contribution in [0.4, 0.5) is 0 Å². The van der Waals surface area contributed by atoms with Crippen LogP contribution in [-0.4, -0.2) is 0 Å². The molecule has 1 saturated carbocycles. The molecule has 0 unspecified atom stereocenters. The standard InChI is InChI=1S/C14H24/c1-12(2)10-11-13(3,4)14(12)8-6-5-7-9-14/h10-11H,5-9H2,1-4H3. The zero-order valence-corrected chi connectivity index (χ0v) is 10.2. The van der Waals surface area contributed by atoms with E-state index in [1.54, 1.807) is 0 Å². The summed E-state index contributed by atoms with van der Waals surface area (Å²) in [6.45, 7) is 9.74. The SMILES string of the molecule is CC1(C)C=CC(C)(C)C12CCCCC2. The van der Waals surface area contributed by atoms with Gasteiger partial charge in [-0.2, -0.15) is 0 Å². The van der Waals surface area contributed by atoms with Crippen molar-refractivity contribution in [3.8, 4) is 0 Å². The van der Waals surface area contributed by atoms with Crippen LogP contribution in [0.3, 0.4) is 0 Å². The maximum absolute atomic E-state index is 2.47. The smallest absolute Gasteiger partial charge is 0.0110 e. The van der Waals surface area contributed by atoms with Gasteiger partial charge < -0.3 is 0 Å². The Kier molecular flexibility index (Phi) is 2.10. The molecule has 2 aliphatic carbocycles. The Morgan fingerprint density at radius 3 is 1.57 bits per heavy atom. The van der Waals surface area contributed by atoms with E-state index in [0.717, 1.165) is 0 Å². The summed E-state index contributed by atoms with van der Waals surface area (Å²) < 4.78 is 0. The summed E-state index contributed by atoms with van der Waals surface area (Å²) in [4.78, 5) is 0. The van der Waals surface area contributed by atoms with Crippen LogP contribution in [-0.2, 0) is 0 Å². The highest BCUT2D eigenvalue weighted by molar-refractivity contribution is 5.23. The first-order valence-corrected chi connectivity index (χ1v) is 6.12. The minimum Gasteiger partial charge on any atom is -0.0817 e. The van der Waals surface area contributed by atoms with E-state index in [0.29, 0.717) is 16.2 Å². The highest BCUT2D eigenvalue weighted by Gasteiger charge is 2.55. The first kappa shape index (κ1) is 10.3. The molecule has 2 aliphatic rings. The number of hydrogen-bond donors (Lipinski definition) is 0. The Balaban J connectivity index is 2.38. The zero-order valence-electron chi connectivity index (χ0n) is 10.2. The van der Waals surface area contributed by atoms with Gasteiger partial charge in [0.1, 0.15) is 0 Å². The molecule has 0 bridgehead atoms. The van der Waals surface area contributed by atoms with E-state index in [-0.39, 0.29) is 0 Å². The Bertz CT molecular complexity index is 229. The lowest BCUT2D eigenvalue weighted by Crippen LogP contribution is -2.44. The van der Waals surface area contributed by atoms with E-state index in [2.05, 4.69) is 39.8 Å². The molecule has 0 aromatic carbocycles. The monoisotopic (exact) mass is 192 g/mol. The quantitative estimate of drug-likeness (QED) is 0.494. The predicted octanol–water partition coefficient (Wildman–Crippen LogP) is 4.56. The maximum Gasteiger partial charge on any atom is -0.0110 e. The zero-order chi connectivity index (χ0) is 10.4. The summed E-state index contributed by atoms with van der Waals surface area (Å²) in [5.41, 5.74) is 1.38. The number of hydrogen-bond acceptors (Lipinski definition) is 0. The van der Waals surface area contributed by atoms with Gasteiger partial charge >= 0.3 is 0 Å². The molecule has 0 N–H and O–H groups in total. The second-order valence-corrected chi connectivity index (χ2v) is 6.42. The van der Waals surface area contributed by atoms with Gasteiger partial charge in [-0.05, 0) is 29.1 Å². The molecule has 0 amide bonds. The molecule has 1 fully saturated rings. The third-order valence-electron chi connectivity index (χ3n) is 5.09. The van der Waals surface area contributed by atoms with E-state index in [1.807, 2.05) is 0 Å². The fourth-order valence-electron chi connectivity index (χ4n) is 4.01. The summed E-state index contributed by atoms with van der Waals surface area (Å²) in [5, 5.41) is 0. The van der Waals surface area contributed by atoms with Crippen molar-refractivity contribution in [2.24, 2.45) is 16.2 Å². The van der Waals surface area contributed by atoms with Gasteiger partial charge in [0.05, 0.1) is 0 Å². The Hall–Kier alpha value is -0.260. The molecule has 0 aromatic heterocycles. The van der Waals surface area contributed by atoms with Crippen molar-refractivity contribution in [2.45, 2.75) is 59.8 Å². The van der Waals surface area contributed by atoms with Crippen molar-refractivity contribution in [3.05, 3.63) is 12.2 Å². The van der Waals surface area contributed by atoms with E-state index in [1.165, 1.54) is 32.1 Å². The summed E-state index contributed by atoms with van der Waals surface area (Å²) >= 11 is 0. The normalized spacial score (nSPS) is 32.3. The molecular formula is C14H24. The van der Waals surface area contributed by atoms with Gasteiger partial charge in [0.15, 0.2) is 0 Å². The fourth-order valence-corrected chi connectivity index (χ4v) is 4.01. The molecule has 14 heavy (non-hydrogen) atoms. The van der Waals surface area contributed by atoms with Gasteiger partial charge in [0.25, 0.3) is 0 Å². The van der Waals surface area contributed by atoms with Crippen molar-refractivity contribution in [1.82, 2.24) is 0 Å². The average molecular weight is 192 g/mol. The maximum atomic E-state index is 2.47. The van der Waals surface area contributed by atoms with Crippen molar-refractivity contribution in [2.75, 3.05) is 0 Å². The molecule has 0 heterocycles. The van der Waals surface area contributed by atoms with E-state index < -0.39 is 0 Å². The first-order valence-electron chi connectivity index (χ1n) is 6.12. The summed E-state index contributed by atoms with van der Waals surface area (Å²) in [6.07, 6.45) is 12.1. The molecule has 0 heteroatoms. The van der Waals surface area contributed by atoms with Crippen LogP contribution in [0.1, 0.15) is 59.8 Å². The molecule has 0 aliphatic heterocycles. The molecule has 80 valence electrons. The molecule has 0 aromatic rings. The lowest BCUT2D eigenvalue weighted by atomic mass is 9.52. The largest absolute Gasteiger partial charge is 0.0817 e. The van der Waals surface area contributed by atoms with Crippen molar-refractivity contribution in [1.29, 1.82) is 0 Å². The Morgan fingerprint density at radius 2 is 1.14 bits per heavy atom. The average Bonchev–Trinajstić information content (AvgIpc) is 2.30. The van der Waals surface area contributed by atoms with Gasteiger partial charge in [-0.1, -0.05) is 59.1 Å². The van der Waals surface area contributed by atoms with E-state index in [4.69, 9.17) is 0 Å². The minimum atomic E-state index is 0.414. The second-order valence-electron chi connectivity index (χ2n) is 6.42. The second kappa shape index (κ2) is 2.87. The van der Waals surface area contributed by atoms with Crippen molar-refractivity contribution >= 4 is 0 Å². The van der Waals surface area contributed by atoms with Crippen LogP contribution in [0, 0.1) is 16.2 Å². The first-order chi connectivity index (χ1) is 6.41. The predicted molar refractivity (Wildman–Crippen MR) is 62.2 cm³/mol. The van der Waals surface area contributed by atoms with Crippen molar-refractivity contribution in [3.63, 3.8) is 0 Å². The fraction of sp³-hybridized carbons (Fsp3) is 0.857. The topological polar surface area (TPSA) is 0 Å². The summed E-state index contributed by atoms with van der Waals surface area (Å²) in [6, 6.07) is 0. The van der Waals surface area contributed by atoms with Gasteiger partial charge in [-0.15, -0.1) is 0 Å². The van der Waals surface area contributed by atoms with Crippen LogP contribution < -0.4 is 0 Å². The summed E-state index contributed by atoms with van der Waals surface area (Å²) in [7, 11) is 0. The number of rotatable bonds is 0. The van der Waals surface area contributed by atoms with Gasteiger partial charge in [0, 0.05) is 0 Å². The third-order valence-corrected chi connectivity index (χ3v) is 5.09. The van der Waals surface area contributed by atoms with Crippen LogP contribution in [0.25, 0.3) is 0 Å². The number of allylic oxidation sites excluding steroid dienone is 2. The van der Waals surface area contributed by atoms with Crippen molar-refractivity contribution < 1.29 is 0 Å². The molecule has 0 saturated heterocycles. The van der Waals surface area contributed by atoms with Crippen LogP contribution in [0.2, 0.25) is 0 Å². The molecular weight excluding hydrogens is 168 g/mol. The third kappa shape index (κ3) is 1.12. The van der Waals surface area contributed by atoms with Crippen LogP contribution in [0.5, 0.6) is 0 Å². The minimum absolute atomic E-state index is 0.414. The van der Waals surface area contributed by atoms with Gasteiger partial charge in [-0.3, -0.25) is 0 Å². The van der Waals surface area contributed by atoms with Gasteiger partial charge in [0.2, 0.25) is 0 Å². The highest BCUT2D eigenvalue weighted by atomic mass is 14.6. The molecule has 0 atom stereocenters. The molecule has 1 spiro atoms. The van der Waals surface area contributed by atoms with Crippen LogP contribution in [0.15, 0.2) is 12.2 Å².